The third-order valence-electron chi connectivity index (χ3n) is 6.72. The Hall–Kier alpha value is -3.08. The van der Waals surface area contributed by atoms with Gasteiger partial charge in [0.15, 0.2) is 0 Å². The second-order valence-electron chi connectivity index (χ2n) is 9.76. The number of phenols is 1. The van der Waals surface area contributed by atoms with Gasteiger partial charge in [-0.25, -0.2) is 4.98 Å². The van der Waals surface area contributed by atoms with Gasteiger partial charge in [0.25, 0.3) is 0 Å². The quantitative estimate of drug-likeness (QED) is 0.211. The minimum Gasteiger partial charge on any atom is -0.506 e. The van der Waals surface area contributed by atoms with Gasteiger partial charge in [-0.05, 0) is 50.4 Å². The number of phenolic OH excluding ortho intramolecular Hbond substituents is 1. The van der Waals surface area contributed by atoms with Crippen LogP contribution in [0.2, 0.25) is 5.02 Å². The molecule has 3 rings (SSSR count). The van der Waals surface area contributed by atoms with E-state index in [2.05, 4.69) is 60.2 Å². The van der Waals surface area contributed by atoms with E-state index < -0.39 is 0 Å². The van der Waals surface area contributed by atoms with Crippen LogP contribution in [0.4, 0.5) is 0 Å². The third-order valence-corrected chi connectivity index (χ3v) is 7.01. The van der Waals surface area contributed by atoms with Gasteiger partial charge in [0, 0.05) is 30.8 Å². The molecule has 2 aromatic carbocycles. The molecule has 0 spiro atoms. The first-order valence-electron chi connectivity index (χ1n) is 13.7. The summed E-state index contributed by atoms with van der Waals surface area (Å²) in [6, 6.07) is 14.4. The maximum Gasteiger partial charge on any atom is 0.140 e. The summed E-state index contributed by atoms with van der Waals surface area (Å²) < 4.78 is 2.41. The Bertz CT molecular complexity index is 1230. The molecule has 0 aliphatic rings. The van der Waals surface area contributed by atoms with Crippen LogP contribution in [-0.4, -0.2) is 26.1 Å². The van der Waals surface area contributed by atoms with Crippen LogP contribution in [0.3, 0.4) is 0 Å². The van der Waals surface area contributed by atoms with E-state index in [1.807, 2.05) is 50.3 Å². The monoisotopic (exact) mass is 531 g/mol. The fourth-order valence-electron chi connectivity index (χ4n) is 4.65. The van der Waals surface area contributed by atoms with Crippen LogP contribution >= 0.6 is 11.6 Å². The van der Waals surface area contributed by atoms with Gasteiger partial charge >= 0.3 is 0 Å². The molecule has 0 aliphatic heterocycles. The predicted molar refractivity (Wildman–Crippen MR) is 162 cm³/mol. The molecule has 0 saturated carbocycles. The average molecular weight is 532 g/mol. The Labute approximate surface area is 234 Å². The molecule has 1 N–H and O–H groups in total. The molecule has 0 aliphatic carbocycles. The summed E-state index contributed by atoms with van der Waals surface area (Å²) in [5, 5.41) is 10.6. The van der Waals surface area contributed by atoms with Gasteiger partial charge in [-0.15, -0.1) is 0 Å². The normalized spacial score (nSPS) is 12.1. The van der Waals surface area contributed by atoms with E-state index >= 15 is 0 Å². The zero-order valence-electron chi connectivity index (χ0n) is 23.4. The van der Waals surface area contributed by atoms with Gasteiger partial charge < -0.3 is 9.67 Å². The van der Waals surface area contributed by atoms with E-state index in [0.29, 0.717) is 5.02 Å². The minimum absolute atomic E-state index is 0.160. The van der Waals surface area contributed by atoms with Crippen LogP contribution in [0.25, 0.3) is 17.0 Å². The van der Waals surface area contributed by atoms with Crippen molar-refractivity contribution in [3.05, 3.63) is 101 Å². The van der Waals surface area contributed by atoms with Gasteiger partial charge in [-0.1, -0.05) is 106 Å². The number of halogens is 1. The van der Waals surface area contributed by atoms with Gasteiger partial charge in [-0.2, -0.15) is 0 Å². The molecular weight excluding hydrogens is 490 g/mol. The standard InChI is InChI=1S/C33H42ClN3O/c1-6-10-16-27(9-4)31-30(37(20-12-8-3)33(35-31)28-17-14-13-15-18-28)24-36(19-11-7-2)23-26-21-25(5)32(38)29(34)22-26/h6,9-10,13-18,21-22,38H,4,7-8,11-12,19-20,23-24H2,1-3,5H3/b10-6-,27-16+. The Morgan fingerprint density at radius 2 is 1.84 bits per heavy atom. The first kappa shape index (κ1) is 29.5. The second kappa shape index (κ2) is 14.8. The summed E-state index contributed by atoms with van der Waals surface area (Å²) >= 11 is 6.35. The number of hydrogen-bond donors (Lipinski definition) is 1. The Morgan fingerprint density at radius 3 is 2.47 bits per heavy atom. The Kier molecular flexibility index (Phi) is 11.4. The van der Waals surface area contributed by atoms with Gasteiger partial charge in [0.05, 0.1) is 16.4 Å². The molecule has 4 nitrogen and oxygen atoms in total. The van der Waals surface area contributed by atoms with E-state index in [9.17, 15) is 5.11 Å². The number of aromatic nitrogens is 2. The molecule has 202 valence electrons. The minimum atomic E-state index is 0.160. The van der Waals surface area contributed by atoms with Crippen LogP contribution in [0.15, 0.2) is 73.3 Å². The molecule has 0 saturated heterocycles. The number of imidazole rings is 1. The number of aromatic hydroxyl groups is 1. The maximum absolute atomic E-state index is 10.2. The molecule has 1 aromatic heterocycles. The lowest BCUT2D eigenvalue weighted by Crippen LogP contribution is -2.26. The van der Waals surface area contributed by atoms with Crippen molar-refractivity contribution >= 4 is 17.2 Å². The van der Waals surface area contributed by atoms with Crippen molar-refractivity contribution in [2.45, 2.75) is 73.0 Å². The molecule has 1 heterocycles. The van der Waals surface area contributed by atoms with E-state index in [1.165, 1.54) is 5.69 Å². The van der Waals surface area contributed by atoms with E-state index in [-0.39, 0.29) is 5.75 Å². The lowest BCUT2D eigenvalue weighted by atomic mass is 10.1. The Morgan fingerprint density at radius 1 is 1.11 bits per heavy atom. The molecule has 0 amide bonds. The summed E-state index contributed by atoms with van der Waals surface area (Å²) in [6.07, 6.45) is 12.5. The molecule has 0 unspecified atom stereocenters. The van der Waals surface area contributed by atoms with Gasteiger partial charge in [0.1, 0.15) is 11.6 Å². The van der Waals surface area contributed by atoms with Gasteiger partial charge in [-0.3, -0.25) is 4.90 Å². The zero-order valence-corrected chi connectivity index (χ0v) is 24.1. The van der Waals surface area contributed by atoms with Crippen LogP contribution in [0.1, 0.15) is 69.0 Å². The van der Waals surface area contributed by atoms with Crippen LogP contribution in [0.5, 0.6) is 5.75 Å². The van der Waals surface area contributed by atoms with E-state index in [4.69, 9.17) is 16.6 Å². The van der Waals surface area contributed by atoms with Crippen LogP contribution < -0.4 is 0 Å². The molecule has 0 bridgehead atoms. The van der Waals surface area contributed by atoms with Crippen molar-refractivity contribution in [1.82, 2.24) is 14.5 Å². The van der Waals surface area contributed by atoms with Crippen LogP contribution in [0, 0.1) is 6.92 Å². The van der Waals surface area contributed by atoms with E-state index in [1.54, 1.807) is 0 Å². The second-order valence-corrected chi connectivity index (χ2v) is 10.2. The van der Waals surface area contributed by atoms with Crippen molar-refractivity contribution < 1.29 is 5.11 Å². The molecular formula is C33H42ClN3O. The number of hydrogen-bond acceptors (Lipinski definition) is 3. The summed E-state index contributed by atoms with van der Waals surface area (Å²) in [5.74, 6) is 1.16. The first-order valence-corrected chi connectivity index (χ1v) is 14.1. The molecule has 38 heavy (non-hydrogen) atoms. The highest BCUT2D eigenvalue weighted by molar-refractivity contribution is 6.32. The summed E-state index contributed by atoms with van der Waals surface area (Å²) in [6.45, 7) is 15.8. The predicted octanol–water partition coefficient (Wildman–Crippen LogP) is 8.97. The van der Waals surface area contributed by atoms with Crippen LogP contribution in [-0.2, 0) is 19.6 Å². The van der Waals surface area contributed by atoms with Crippen molar-refractivity contribution in [3.63, 3.8) is 0 Å². The highest BCUT2D eigenvalue weighted by Gasteiger charge is 2.22. The molecule has 0 fully saturated rings. The fourth-order valence-corrected chi connectivity index (χ4v) is 4.94. The summed E-state index contributed by atoms with van der Waals surface area (Å²) in [4.78, 5) is 7.72. The van der Waals surface area contributed by atoms with Crippen molar-refractivity contribution in [3.8, 4) is 17.1 Å². The molecule has 0 atom stereocenters. The van der Waals surface area contributed by atoms with Gasteiger partial charge in [0.2, 0.25) is 0 Å². The fraction of sp³-hybridized carbons (Fsp3) is 0.364. The Balaban J connectivity index is 2.15. The number of nitrogens with zero attached hydrogens (tertiary/aromatic N) is 3. The molecule has 0 radical (unpaired) electrons. The van der Waals surface area contributed by atoms with Crippen molar-refractivity contribution in [2.75, 3.05) is 6.54 Å². The third kappa shape index (κ3) is 7.49. The van der Waals surface area contributed by atoms with Crippen molar-refractivity contribution in [1.29, 1.82) is 0 Å². The SMILES string of the molecule is C=C/C(=C\C=C/C)c1nc(-c2ccccc2)n(CCCC)c1CN(CCCC)Cc1cc(C)c(O)c(Cl)c1. The highest BCUT2D eigenvalue weighted by atomic mass is 35.5. The largest absolute Gasteiger partial charge is 0.506 e. The molecule has 5 heteroatoms. The zero-order chi connectivity index (χ0) is 27.5. The number of rotatable bonds is 14. The molecule has 3 aromatic rings. The smallest absolute Gasteiger partial charge is 0.140 e. The highest BCUT2D eigenvalue weighted by Crippen LogP contribution is 2.31. The topological polar surface area (TPSA) is 41.3 Å². The number of benzene rings is 2. The lowest BCUT2D eigenvalue weighted by molar-refractivity contribution is 0.245. The maximum atomic E-state index is 10.2. The summed E-state index contributed by atoms with van der Waals surface area (Å²) in [5.41, 5.74) is 6.21. The number of unbranched alkanes of at least 4 members (excludes halogenated alkanes) is 2. The number of allylic oxidation sites excluding steroid dienone is 5. The number of aryl methyl sites for hydroxylation is 1. The first-order chi connectivity index (χ1) is 18.4. The van der Waals surface area contributed by atoms with E-state index in [0.717, 1.165) is 85.6 Å². The summed E-state index contributed by atoms with van der Waals surface area (Å²) in [7, 11) is 0. The average Bonchev–Trinajstić information content (AvgIpc) is 3.27. The van der Waals surface area contributed by atoms with Crippen molar-refractivity contribution in [2.24, 2.45) is 0 Å². The lowest BCUT2D eigenvalue weighted by Gasteiger charge is -2.25.